The van der Waals surface area contributed by atoms with E-state index in [0.29, 0.717) is 0 Å². The molecule has 3 N–H and O–H groups in total. The minimum Gasteiger partial charge on any atom is -0.364 e. The van der Waals surface area contributed by atoms with E-state index in [1.54, 1.807) is 0 Å². The molecule has 2 rings (SSSR count). The number of rotatable bonds is 3. The highest BCUT2D eigenvalue weighted by molar-refractivity contribution is 6.08. The zero-order valence-electron chi connectivity index (χ0n) is 11.3. The van der Waals surface area contributed by atoms with Gasteiger partial charge in [0, 0.05) is 12.6 Å². The van der Waals surface area contributed by atoms with E-state index >= 15 is 0 Å². The number of amides is 2. The molecule has 2 amide bonds. The Morgan fingerprint density at radius 3 is 2.59 bits per heavy atom. The largest absolute Gasteiger partial charge is 0.416 e. The van der Waals surface area contributed by atoms with E-state index in [2.05, 4.69) is 10.4 Å². The molecule has 0 saturated heterocycles. The van der Waals surface area contributed by atoms with Crippen LogP contribution in [-0.2, 0) is 13.2 Å². The first kappa shape index (κ1) is 15.5. The minimum atomic E-state index is -4.55. The number of carbonyl (C=O) groups excluding carboxylic acids is 2. The fourth-order valence-corrected chi connectivity index (χ4v) is 1.85. The number of primary amides is 1. The lowest BCUT2D eigenvalue weighted by molar-refractivity contribution is -0.137. The molecule has 116 valence electrons. The second-order valence-electron chi connectivity index (χ2n) is 4.43. The van der Waals surface area contributed by atoms with Gasteiger partial charge >= 0.3 is 6.18 Å². The zero-order valence-corrected chi connectivity index (χ0v) is 11.3. The molecule has 6 nitrogen and oxygen atoms in total. The molecule has 0 aliphatic rings. The molecule has 1 aromatic heterocycles. The monoisotopic (exact) mass is 312 g/mol. The number of nitrogens with one attached hydrogen (secondary N) is 1. The van der Waals surface area contributed by atoms with Crippen molar-refractivity contribution in [3.8, 4) is 0 Å². The van der Waals surface area contributed by atoms with Crippen molar-refractivity contribution in [1.29, 1.82) is 0 Å². The number of aryl methyl sites for hydroxylation is 1. The highest BCUT2D eigenvalue weighted by Gasteiger charge is 2.31. The number of aromatic nitrogens is 2. The third-order valence-corrected chi connectivity index (χ3v) is 2.87. The normalized spacial score (nSPS) is 11.3. The summed E-state index contributed by atoms with van der Waals surface area (Å²) in [6.45, 7) is 0. The van der Waals surface area contributed by atoms with Crippen molar-refractivity contribution in [2.24, 2.45) is 12.8 Å². The molecular weight excluding hydrogens is 301 g/mol. The van der Waals surface area contributed by atoms with Gasteiger partial charge in [-0.1, -0.05) is 6.07 Å². The van der Waals surface area contributed by atoms with Gasteiger partial charge in [0.15, 0.2) is 0 Å². The number of carbonyl (C=O) groups is 2. The first-order valence-electron chi connectivity index (χ1n) is 6.00. The van der Waals surface area contributed by atoms with Gasteiger partial charge < -0.3 is 11.1 Å². The zero-order chi connectivity index (χ0) is 16.5. The highest BCUT2D eigenvalue weighted by Crippen LogP contribution is 2.29. The Hall–Kier alpha value is -2.84. The molecule has 0 aliphatic heterocycles. The third kappa shape index (κ3) is 3.08. The van der Waals surface area contributed by atoms with Crippen molar-refractivity contribution < 1.29 is 22.8 Å². The van der Waals surface area contributed by atoms with Gasteiger partial charge in [-0.15, -0.1) is 0 Å². The van der Waals surface area contributed by atoms with Gasteiger partial charge in [0.2, 0.25) is 0 Å². The molecule has 0 atom stereocenters. The Bertz CT molecular complexity index is 737. The van der Waals surface area contributed by atoms with E-state index in [1.807, 2.05) is 0 Å². The van der Waals surface area contributed by atoms with Gasteiger partial charge in [0.05, 0.1) is 17.4 Å². The summed E-state index contributed by atoms with van der Waals surface area (Å²) in [6.07, 6.45) is -3.37. The van der Waals surface area contributed by atoms with E-state index < -0.39 is 23.6 Å². The molecule has 0 bridgehead atoms. The van der Waals surface area contributed by atoms with Crippen LogP contribution in [0.2, 0.25) is 0 Å². The van der Waals surface area contributed by atoms with Gasteiger partial charge in [-0.25, -0.2) is 0 Å². The third-order valence-electron chi connectivity index (χ3n) is 2.87. The lowest BCUT2D eigenvalue weighted by atomic mass is 10.1. The number of nitrogens with two attached hydrogens (primary N) is 1. The number of hydrogen-bond acceptors (Lipinski definition) is 3. The standard InChI is InChI=1S/C13H11F3N4O2/c1-20-10(11(17)21)9(6-18-20)19-12(22)7-3-2-4-8(5-7)13(14,15)16/h2-6H,1H3,(H2,17,21)(H,19,22). The number of nitrogens with zero attached hydrogens (tertiary/aromatic N) is 2. The average molecular weight is 312 g/mol. The summed E-state index contributed by atoms with van der Waals surface area (Å²) in [4.78, 5) is 23.3. The molecule has 0 aliphatic carbocycles. The first-order chi connectivity index (χ1) is 10.2. The predicted molar refractivity (Wildman–Crippen MR) is 71.1 cm³/mol. The van der Waals surface area contributed by atoms with Crippen molar-refractivity contribution in [3.63, 3.8) is 0 Å². The molecule has 0 unspecified atom stereocenters. The Balaban J connectivity index is 2.29. The Kier molecular flexibility index (Phi) is 3.89. The fourth-order valence-electron chi connectivity index (χ4n) is 1.85. The van der Waals surface area contributed by atoms with Crippen molar-refractivity contribution in [2.45, 2.75) is 6.18 Å². The van der Waals surface area contributed by atoms with Gasteiger partial charge in [-0.2, -0.15) is 18.3 Å². The topological polar surface area (TPSA) is 90.0 Å². The van der Waals surface area contributed by atoms with E-state index in [1.165, 1.54) is 19.3 Å². The van der Waals surface area contributed by atoms with Crippen LogP contribution in [0.25, 0.3) is 0 Å². The Morgan fingerprint density at radius 2 is 2.00 bits per heavy atom. The minimum absolute atomic E-state index is 0.0254. The van der Waals surface area contributed by atoms with Crippen LogP contribution in [0.3, 0.4) is 0 Å². The fraction of sp³-hybridized carbons (Fsp3) is 0.154. The van der Waals surface area contributed by atoms with E-state index in [9.17, 15) is 22.8 Å². The molecule has 22 heavy (non-hydrogen) atoms. The summed E-state index contributed by atoms with van der Waals surface area (Å²) in [6, 6.07) is 3.92. The molecule has 1 aromatic carbocycles. The number of alkyl halides is 3. The molecule has 2 aromatic rings. The number of benzene rings is 1. The van der Waals surface area contributed by atoms with E-state index in [4.69, 9.17) is 5.73 Å². The van der Waals surface area contributed by atoms with Crippen LogP contribution in [0.1, 0.15) is 26.4 Å². The van der Waals surface area contributed by atoms with Gasteiger partial charge in [0.1, 0.15) is 5.69 Å². The summed E-state index contributed by atoms with van der Waals surface area (Å²) in [5.74, 6) is -1.62. The number of hydrogen-bond donors (Lipinski definition) is 2. The van der Waals surface area contributed by atoms with Gasteiger partial charge in [0.25, 0.3) is 11.8 Å². The second-order valence-corrected chi connectivity index (χ2v) is 4.43. The SMILES string of the molecule is Cn1ncc(NC(=O)c2cccc(C(F)(F)F)c2)c1C(N)=O. The summed E-state index contributed by atoms with van der Waals surface area (Å²) < 4.78 is 39.0. The van der Waals surface area contributed by atoms with Crippen molar-refractivity contribution in [1.82, 2.24) is 9.78 Å². The van der Waals surface area contributed by atoms with E-state index in [0.717, 1.165) is 22.9 Å². The van der Waals surface area contributed by atoms with Crippen molar-refractivity contribution in [3.05, 3.63) is 47.3 Å². The maximum absolute atomic E-state index is 12.6. The predicted octanol–water partition coefficient (Wildman–Crippen LogP) is 1.79. The second kappa shape index (κ2) is 5.51. The lowest BCUT2D eigenvalue weighted by Crippen LogP contribution is -2.20. The maximum Gasteiger partial charge on any atom is 0.416 e. The molecule has 0 spiro atoms. The van der Waals surface area contributed by atoms with Crippen LogP contribution in [0.5, 0.6) is 0 Å². The summed E-state index contributed by atoms with van der Waals surface area (Å²) in [7, 11) is 1.44. The van der Waals surface area contributed by atoms with Gasteiger partial charge in [-0.3, -0.25) is 14.3 Å². The molecule has 9 heteroatoms. The molecule has 1 heterocycles. The van der Waals surface area contributed by atoms with Crippen LogP contribution in [0.4, 0.5) is 18.9 Å². The summed E-state index contributed by atoms with van der Waals surface area (Å²) in [5, 5.41) is 6.08. The van der Waals surface area contributed by atoms with Gasteiger partial charge in [-0.05, 0) is 18.2 Å². The average Bonchev–Trinajstić information content (AvgIpc) is 2.79. The maximum atomic E-state index is 12.6. The van der Waals surface area contributed by atoms with Crippen molar-refractivity contribution >= 4 is 17.5 Å². The van der Waals surface area contributed by atoms with Crippen LogP contribution in [0.15, 0.2) is 30.5 Å². The quantitative estimate of drug-likeness (QED) is 0.905. The Morgan fingerprint density at radius 1 is 1.32 bits per heavy atom. The first-order valence-corrected chi connectivity index (χ1v) is 6.00. The van der Waals surface area contributed by atoms with E-state index in [-0.39, 0.29) is 16.9 Å². The molecule has 0 fully saturated rings. The lowest BCUT2D eigenvalue weighted by Gasteiger charge is -2.09. The summed E-state index contributed by atoms with van der Waals surface area (Å²) in [5.41, 5.74) is 3.98. The highest BCUT2D eigenvalue weighted by atomic mass is 19.4. The number of anilines is 1. The number of halogens is 3. The van der Waals surface area contributed by atoms with Crippen LogP contribution in [0, 0.1) is 0 Å². The summed E-state index contributed by atoms with van der Waals surface area (Å²) >= 11 is 0. The van der Waals surface area contributed by atoms with Crippen LogP contribution < -0.4 is 11.1 Å². The van der Waals surface area contributed by atoms with Crippen molar-refractivity contribution in [2.75, 3.05) is 5.32 Å². The molecule has 0 radical (unpaired) electrons. The molecule has 0 saturated carbocycles. The smallest absolute Gasteiger partial charge is 0.364 e. The molecular formula is C13H11F3N4O2. The van der Waals surface area contributed by atoms with Crippen LogP contribution in [-0.4, -0.2) is 21.6 Å². The Labute approximate surface area is 122 Å². The van der Waals surface area contributed by atoms with Crippen LogP contribution >= 0.6 is 0 Å².